The van der Waals surface area contributed by atoms with E-state index in [-0.39, 0.29) is 0 Å². The molecule has 0 unspecified atom stereocenters. The Kier molecular flexibility index (Phi) is 2.80. The molecule has 0 heterocycles. The minimum atomic E-state index is -5.19. The predicted molar refractivity (Wildman–Crippen MR) is 43.5 cm³/mol. The fraction of sp³-hybridized carbons (Fsp3) is 0. The molecule has 0 amide bonds. The van der Waals surface area contributed by atoms with Gasteiger partial charge in [-0.3, -0.25) is 4.55 Å². The van der Waals surface area contributed by atoms with Crippen LogP contribution >= 0.6 is 7.60 Å². The largest absolute Gasteiger partial charge is 0.807 e. The number of rotatable bonds is 2. The van der Waals surface area contributed by atoms with Crippen LogP contribution in [0.1, 0.15) is 0 Å². The van der Waals surface area contributed by atoms with Crippen LogP contribution in [0.3, 0.4) is 0 Å². The number of hydrogen-bond acceptors (Lipinski definition) is 5. The van der Waals surface area contributed by atoms with E-state index < -0.39 is 27.9 Å². The fourth-order valence-electron chi connectivity index (χ4n) is 0.902. The summed E-state index contributed by atoms with van der Waals surface area (Å²) in [5, 5.41) is -0.928. The zero-order valence-corrected chi connectivity index (χ0v) is 8.36. The lowest BCUT2D eigenvalue weighted by molar-refractivity contribution is -0.308. The van der Waals surface area contributed by atoms with Gasteiger partial charge in [0, 0.05) is 5.30 Å². The van der Waals surface area contributed by atoms with Gasteiger partial charge in [-0.25, -0.2) is 0 Å². The maximum atomic E-state index is 10.7. The summed E-state index contributed by atoms with van der Waals surface area (Å²) >= 11 is 0. The van der Waals surface area contributed by atoms with Crippen LogP contribution in [-0.2, 0) is 14.7 Å². The van der Waals surface area contributed by atoms with Gasteiger partial charge < -0.3 is 14.4 Å². The molecule has 8 heteroatoms. The summed E-state index contributed by atoms with van der Waals surface area (Å²) in [5.41, 5.74) is 0. The van der Waals surface area contributed by atoms with Gasteiger partial charge in [0.1, 0.15) is 4.90 Å². The summed E-state index contributed by atoms with van der Waals surface area (Å²) in [7, 11) is -9.88. The fourth-order valence-corrected chi connectivity index (χ4v) is 2.78. The molecular formula is C6H5O6PS-2. The summed E-state index contributed by atoms with van der Waals surface area (Å²) in [5.74, 6) is 0. The summed E-state index contributed by atoms with van der Waals surface area (Å²) in [6.07, 6.45) is 0. The third-order valence-electron chi connectivity index (χ3n) is 1.44. The van der Waals surface area contributed by atoms with Gasteiger partial charge in [0.15, 0.2) is 0 Å². The molecule has 0 aliphatic carbocycles. The van der Waals surface area contributed by atoms with Crippen molar-refractivity contribution in [2.24, 2.45) is 0 Å². The second-order valence-electron chi connectivity index (χ2n) is 2.44. The first-order chi connectivity index (χ1) is 6.23. The van der Waals surface area contributed by atoms with Gasteiger partial charge in [-0.15, -0.1) is 0 Å². The van der Waals surface area contributed by atoms with Crippen LogP contribution in [-0.4, -0.2) is 13.0 Å². The molecule has 0 bridgehead atoms. The van der Waals surface area contributed by atoms with E-state index in [1.54, 1.807) is 0 Å². The topological polar surface area (TPSA) is 118 Å². The highest BCUT2D eigenvalue weighted by molar-refractivity contribution is 7.86. The Hall–Kier alpha value is -0.720. The molecule has 6 nitrogen and oxygen atoms in total. The molecule has 0 atom stereocenters. The minimum absolute atomic E-state index is 0.823. The Morgan fingerprint density at radius 3 is 2.07 bits per heavy atom. The smallest absolute Gasteiger partial charge is 0.295 e. The monoisotopic (exact) mass is 236 g/mol. The Balaban J connectivity index is 3.55. The van der Waals surface area contributed by atoms with Crippen molar-refractivity contribution >= 4 is 23.0 Å². The molecule has 0 aromatic heterocycles. The van der Waals surface area contributed by atoms with Crippen LogP contribution in [0.15, 0.2) is 29.2 Å². The first-order valence-electron chi connectivity index (χ1n) is 3.32. The standard InChI is InChI=1S/C6H7O6PS/c7-13(8,9)5-3-1-2-4-6(5)14(10,11)12/h1-4H,(H2,7,8,9)(H,10,11,12)/p-2. The molecule has 0 spiro atoms. The van der Waals surface area contributed by atoms with Crippen molar-refractivity contribution < 1.29 is 27.3 Å². The molecule has 0 saturated heterocycles. The first-order valence-corrected chi connectivity index (χ1v) is 6.30. The summed E-state index contributed by atoms with van der Waals surface area (Å²) in [6.45, 7) is 0. The van der Waals surface area contributed by atoms with Gasteiger partial charge in [0.25, 0.3) is 10.1 Å². The highest BCUT2D eigenvalue weighted by Gasteiger charge is 2.16. The second-order valence-corrected chi connectivity index (χ2v) is 5.31. The van der Waals surface area contributed by atoms with E-state index in [1.807, 2.05) is 0 Å². The average Bonchev–Trinajstić information content (AvgIpc) is 2.01. The van der Waals surface area contributed by atoms with E-state index >= 15 is 0 Å². The molecule has 0 saturated carbocycles. The van der Waals surface area contributed by atoms with Gasteiger partial charge in [-0.05, 0) is 13.7 Å². The lowest BCUT2D eigenvalue weighted by Crippen LogP contribution is -2.28. The van der Waals surface area contributed by atoms with Crippen LogP contribution in [0.2, 0.25) is 0 Å². The normalized spacial score (nSPS) is 12.8. The minimum Gasteiger partial charge on any atom is -0.807 e. The van der Waals surface area contributed by atoms with Crippen LogP contribution in [0, 0.1) is 0 Å². The van der Waals surface area contributed by atoms with Crippen molar-refractivity contribution in [2.75, 3.05) is 0 Å². The quantitative estimate of drug-likeness (QED) is 0.491. The Morgan fingerprint density at radius 2 is 1.71 bits per heavy atom. The average molecular weight is 236 g/mol. The zero-order valence-electron chi connectivity index (χ0n) is 6.65. The second kappa shape index (κ2) is 3.45. The van der Waals surface area contributed by atoms with Crippen molar-refractivity contribution in [1.29, 1.82) is 0 Å². The predicted octanol–water partition coefficient (Wildman–Crippen LogP) is -1.53. The highest BCUT2D eigenvalue weighted by Crippen LogP contribution is 2.26. The molecule has 0 fully saturated rings. The Morgan fingerprint density at radius 1 is 1.21 bits per heavy atom. The van der Waals surface area contributed by atoms with Gasteiger partial charge in [0.05, 0.1) is 0 Å². The highest BCUT2D eigenvalue weighted by atomic mass is 32.2. The van der Waals surface area contributed by atoms with E-state index in [0.29, 0.717) is 0 Å². The summed E-state index contributed by atoms with van der Waals surface area (Å²) < 4.78 is 40.5. The maximum Gasteiger partial charge on any atom is 0.295 e. The molecule has 0 radical (unpaired) electrons. The van der Waals surface area contributed by atoms with E-state index in [4.69, 9.17) is 4.55 Å². The molecule has 1 aromatic carbocycles. The van der Waals surface area contributed by atoms with E-state index in [1.165, 1.54) is 12.1 Å². The summed E-state index contributed by atoms with van der Waals surface area (Å²) in [6, 6.07) is 4.05. The third kappa shape index (κ3) is 2.40. The Bertz CT molecular complexity index is 487. The van der Waals surface area contributed by atoms with Gasteiger partial charge in [0.2, 0.25) is 0 Å². The van der Waals surface area contributed by atoms with Gasteiger partial charge >= 0.3 is 0 Å². The lowest BCUT2D eigenvalue weighted by Gasteiger charge is -2.30. The Labute approximate surface area is 80.1 Å². The van der Waals surface area contributed by atoms with Crippen LogP contribution < -0.4 is 15.1 Å². The van der Waals surface area contributed by atoms with E-state index in [9.17, 15) is 22.8 Å². The molecule has 0 aliphatic heterocycles. The van der Waals surface area contributed by atoms with Crippen LogP contribution in [0.25, 0.3) is 0 Å². The molecule has 78 valence electrons. The van der Waals surface area contributed by atoms with Crippen molar-refractivity contribution in [3.63, 3.8) is 0 Å². The van der Waals surface area contributed by atoms with Crippen molar-refractivity contribution in [1.82, 2.24) is 0 Å². The van der Waals surface area contributed by atoms with E-state index in [0.717, 1.165) is 12.1 Å². The van der Waals surface area contributed by atoms with Crippen LogP contribution in [0.4, 0.5) is 0 Å². The lowest BCUT2D eigenvalue weighted by atomic mass is 10.4. The van der Waals surface area contributed by atoms with Gasteiger partial charge in [-0.2, -0.15) is 8.42 Å². The molecule has 1 N–H and O–H groups in total. The molecule has 0 aliphatic rings. The molecule has 14 heavy (non-hydrogen) atoms. The SMILES string of the molecule is O=P([O-])([O-])c1ccccc1S(=O)(=O)O. The molecular weight excluding hydrogens is 231 g/mol. The van der Waals surface area contributed by atoms with Crippen molar-refractivity contribution in [3.05, 3.63) is 24.3 Å². The number of hydrogen-bond donors (Lipinski definition) is 1. The first kappa shape index (κ1) is 11.4. The van der Waals surface area contributed by atoms with Gasteiger partial charge in [-0.1, -0.05) is 18.2 Å². The maximum absolute atomic E-state index is 10.7. The molecule has 1 rings (SSSR count). The number of benzene rings is 1. The molecule has 1 aromatic rings. The van der Waals surface area contributed by atoms with Crippen molar-refractivity contribution in [2.45, 2.75) is 4.90 Å². The van der Waals surface area contributed by atoms with Crippen molar-refractivity contribution in [3.8, 4) is 0 Å². The zero-order chi connectivity index (χ0) is 11.0. The van der Waals surface area contributed by atoms with E-state index in [2.05, 4.69) is 0 Å². The van der Waals surface area contributed by atoms with Crippen LogP contribution in [0.5, 0.6) is 0 Å². The summed E-state index contributed by atoms with van der Waals surface area (Å²) in [4.78, 5) is 20.3. The third-order valence-corrected chi connectivity index (χ3v) is 3.48.